The molecule has 2 heterocycles. The molecule has 0 atom stereocenters. The summed E-state index contributed by atoms with van der Waals surface area (Å²) in [4.78, 5) is 1.83. The zero-order valence-electron chi connectivity index (χ0n) is 11.2. The lowest BCUT2D eigenvalue weighted by Crippen LogP contribution is -2.44. The largest absolute Gasteiger partial charge is 0.361 e. The molecule has 0 saturated carbocycles. The van der Waals surface area contributed by atoms with Gasteiger partial charge in [0.05, 0.1) is 0 Å². The summed E-state index contributed by atoms with van der Waals surface area (Å²) in [7, 11) is -1.61. The summed E-state index contributed by atoms with van der Waals surface area (Å²) in [5.74, 6) is 0. The molecule has 108 valence electrons. The van der Waals surface area contributed by atoms with Gasteiger partial charge < -0.3 is 4.90 Å². The Labute approximate surface area is 124 Å². The average Bonchev–Trinajstić information content (AvgIpc) is 2.85. The first-order valence-electron chi connectivity index (χ1n) is 6.39. The number of benzene rings is 1. The minimum Gasteiger partial charge on any atom is -0.361 e. The Kier molecular flexibility index (Phi) is 3.40. The van der Waals surface area contributed by atoms with Crippen molar-refractivity contribution in [2.75, 3.05) is 20.3 Å². The number of rotatable bonds is 2. The van der Waals surface area contributed by atoms with E-state index in [1.54, 1.807) is 12.4 Å². The third kappa shape index (κ3) is 2.39. The van der Waals surface area contributed by atoms with E-state index in [9.17, 15) is 8.42 Å². The lowest BCUT2D eigenvalue weighted by molar-refractivity contribution is 0.327. The molecule has 5 nitrogen and oxygen atoms in total. The van der Waals surface area contributed by atoms with Gasteiger partial charge in [-0.2, -0.15) is 12.7 Å². The van der Waals surface area contributed by atoms with E-state index in [1.165, 1.54) is 14.2 Å². The van der Waals surface area contributed by atoms with Crippen molar-refractivity contribution < 1.29 is 8.42 Å². The Bertz CT molecular complexity index is 660. The van der Waals surface area contributed by atoms with Crippen molar-refractivity contribution >= 4 is 21.8 Å². The van der Waals surface area contributed by atoms with Gasteiger partial charge in [-0.1, -0.05) is 17.7 Å². The lowest BCUT2D eigenvalue weighted by atomic mass is 10.0. The van der Waals surface area contributed by atoms with Gasteiger partial charge in [-0.25, -0.2) is 4.31 Å². The van der Waals surface area contributed by atoms with Crippen LogP contribution in [0.5, 0.6) is 0 Å². The molecule has 2 aliphatic heterocycles. The maximum Gasteiger partial charge on any atom is 0.305 e. The zero-order valence-corrected chi connectivity index (χ0v) is 12.7. The second kappa shape index (κ2) is 4.95. The molecule has 3 rings (SSSR count). The molecule has 0 fully saturated rings. The van der Waals surface area contributed by atoms with Gasteiger partial charge in [0.25, 0.3) is 0 Å². The fourth-order valence-corrected chi connectivity index (χ4v) is 4.15. The van der Waals surface area contributed by atoms with Crippen LogP contribution in [0, 0.1) is 0 Å². The molecule has 0 saturated heterocycles. The minimum atomic E-state index is -3.46. The minimum absolute atomic E-state index is 0.362. The van der Waals surface area contributed by atoms with Crippen molar-refractivity contribution in [3.05, 3.63) is 46.7 Å². The molecule has 0 unspecified atom stereocenters. The summed E-state index contributed by atoms with van der Waals surface area (Å²) in [6.07, 6.45) is 4.08. The van der Waals surface area contributed by atoms with E-state index in [1.807, 2.05) is 30.1 Å². The third-order valence-electron chi connectivity index (χ3n) is 3.62. The van der Waals surface area contributed by atoms with Crippen LogP contribution in [0.4, 0.5) is 0 Å². The van der Waals surface area contributed by atoms with E-state index in [0.29, 0.717) is 24.8 Å². The van der Waals surface area contributed by atoms with E-state index < -0.39 is 10.2 Å². The topological polar surface area (TPSA) is 43.9 Å². The van der Waals surface area contributed by atoms with Gasteiger partial charge >= 0.3 is 10.2 Å². The highest BCUT2D eigenvalue weighted by Gasteiger charge is 2.32. The van der Waals surface area contributed by atoms with E-state index >= 15 is 0 Å². The van der Waals surface area contributed by atoms with Crippen LogP contribution in [-0.4, -0.2) is 42.2 Å². The molecule has 20 heavy (non-hydrogen) atoms. The lowest BCUT2D eigenvalue weighted by Gasteiger charge is -2.31. The highest BCUT2D eigenvalue weighted by molar-refractivity contribution is 7.86. The Morgan fingerprint density at radius 2 is 2.00 bits per heavy atom. The summed E-state index contributed by atoms with van der Waals surface area (Å²) < 4.78 is 28.0. The predicted molar refractivity (Wildman–Crippen MR) is 78.1 cm³/mol. The second-order valence-electron chi connectivity index (χ2n) is 5.09. The molecule has 1 aromatic rings. The van der Waals surface area contributed by atoms with Crippen molar-refractivity contribution in [3.8, 4) is 0 Å². The molecular weight excluding hydrogens is 298 g/mol. The van der Waals surface area contributed by atoms with Crippen LogP contribution >= 0.6 is 11.6 Å². The predicted octanol–water partition coefficient (Wildman–Crippen LogP) is 1.62. The fourth-order valence-electron chi connectivity index (χ4n) is 2.50. The van der Waals surface area contributed by atoms with Gasteiger partial charge in [-0.15, -0.1) is 0 Å². The molecule has 0 aromatic heterocycles. The number of hydrogen-bond acceptors (Lipinski definition) is 3. The first-order chi connectivity index (χ1) is 9.46. The second-order valence-corrected chi connectivity index (χ2v) is 7.41. The van der Waals surface area contributed by atoms with Crippen molar-refractivity contribution in [1.29, 1.82) is 0 Å². The quantitative estimate of drug-likeness (QED) is 0.833. The standard InChI is InChI=1S/C13H16ClN3O2S/c1-15-6-7-17(10-15)20(18,19)16-5-4-11-2-3-13(14)8-12(11)9-16/h2-3,6-8H,4-5,9-10H2,1H3. The normalized spacial score (nSPS) is 19.5. The molecule has 0 spiro atoms. The zero-order chi connectivity index (χ0) is 14.3. The Hall–Kier alpha value is -1.24. The van der Waals surface area contributed by atoms with Crippen LogP contribution in [-0.2, 0) is 23.2 Å². The fraction of sp³-hybridized carbons (Fsp3) is 0.385. The first-order valence-corrected chi connectivity index (χ1v) is 8.17. The van der Waals surface area contributed by atoms with Crippen LogP contribution in [0.15, 0.2) is 30.6 Å². The summed E-state index contributed by atoms with van der Waals surface area (Å²) >= 11 is 5.99. The van der Waals surface area contributed by atoms with Crippen LogP contribution in [0.2, 0.25) is 5.02 Å². The van der Waals surface area contributed by atoms with Crippen LogP contribution in [0.3, 0.4) is 0 Å². The molecule has 2 aliphatic rings. The Balaban J connectivity index is 1.84. The molecule has 0 radical (unpaired) electrons. The summed E-state index contributed by atoms with van der Waals surface area (Å²) in [6.45, 7) is 1.25. The van der Waals surface area contributed by atoms with Crippen molar-refractivity contribution in [2.24, 2.45) is 0 Å². The first kappa shape index (κ1) is 13.7. The molecule has 1 aromatic carbocycles. The van der Waals surface area contributed by atoms with Gasteiger partial charge in [0, 0.05) is 37.6 Å². The van der Waals surface area contributed by atoms with Crippen LogP contribution < -0.4 is 0 Å². The Morgan fingerprint density at radius 1 is 1.20 bits per heavy atom. The SMILES string of the molecule is CN1C=CN(S(=O)(=O)N2CCc3ccc(Cl)cc3C2)C1. The van der Waals surface area contributed by atoms with E-state index in [0.717, 1.165) is 12.0 Å². The smallest absolute Gasteiger partial charge is 0.305 e. The molecule has 7 heteroatoms. The van der Waals surface area contributed by atoms with E-state index in [-0.39, 0.29) is 0 Å². The maximum atomic E-state index is 12.6. The van der Waals surface area contributed by atoms with Gasteiger partial charge in [0.15, 0.2) is 0 Å². The molecule has 0 bridgehead atoms. The number of halogens is 1. The number of hydrogen-bond donors (Lipinski definition) is 0. The Morgan fingerprint density at radius 3 is 2.70 bits per heavy atom. The third-order valence-corrected chi connectivity index (χ3v) is 5.65. The maximum absolute atomic E-state index is 12.6. The monoisotopic (exact) mass is 313 g/mol. The van der Waals surface area contributed by atoms with Crippen LogP contribution in [0.25, 0.3) is 0 Å². The van der Waals surface area contributed by atoms with Gasteiger partial charge in [-0.3, -0.25) is 0 Å². The summed E-state index contributed by atoms with van der Waals surface area (Å²) in [5, 5.41) is 0.642. The highest BCUT2D eigenvalue weighted by Crippen LogP contribution is 2.26. The van der Waals surface area contributed by atoms with Gasteiger partial charge in [0.1, 0.15) is 6.67 Å². The van der Waals surface area contributed by atoms with E-state index in [2.05, 4.69) is 0 Å². The van der Waals surface area contributed by atoms with Crippen molar-refractivity contribution in [2.45, 2.75) is 13.0 Å². The van der Waals surface area contributed by atoms with E-state index in [4.69, 9.17) is 11.6 Å². The molecule has 0 amide bonds. The summed E-state index contributed by atoms with van der Waals surface area (Å²) in [6, 6.07) is 5.68. The molecule has 0 N–H and O–H groups in total. The number of fused-ring (bicyclic) bond motifs is 1. The van der Waals surface area contributed by atoms with Gasteiger partial charge in [-0.05, 0) is 29.7 Å². The average molecular weight is 314 g/mol. The van der Waals surface area contributed by atoms with Crippen LogP contribution in [0.1, 0.15) is 11.1 Å². The van der Waals surface area contributed by atoms with Gasteiger partial charge in [0.2, 0.25) is 0 Å². The molecule has 0 aliphatic carbocycles. The summed E-state index contributed by atoms with van der Waals surface area (Å²) in [5.41, 5.74) is 2.17. The highest BCUT2D eigenvalue weighted by atomic mass is 35.5. The van der Waals surface area contributed by atoms with Crippen molar-refractivity contribution in [3.63, 3.8) is 0 Å². The van der Waals surface area contributed by atoms with Crippen molar-refractivity contribution in [1.82, 2.24) is 13.5 Å². The molecular formula is C13H16ClN3O2S. The number of nitrogens with zero attached hydrogens (tertiary/aromatic N) is 3.